The molecule has 0 heterocycles. The van der Waals surface area contributed by atoms with Crippen LogP contribution in [0, 0.1) is 0 Å². The summed E-state index contributed by atoms with van der Waals surface area (Å²) in [4.78, 5) is 10.3. The van der Waals surface area contributed by atoms with Crippen LogP contribution >= 0.6 is 22.6 Å². The van der Waals surface area contributed by atoms with Gasteiger partial charge >= 0.3 is 5.97 Å². The third-order valence-electron chi connectivity index (χ3n) is 1.95. The molecular weight excluding hydrogens is 319 g/mol. The number of para-hydroxylation sites is 1. The third-order valence-corrected chi connectivity index (χ3v) is 2.31. The minimum atomic E-state index is -0.788. The summed E-state index contributed by atoms with van der Waals surface area (Å²) in [5.74, 6) is 0.00449. The van der Waals surface area contributed by atoms with Gasteiger partial charge in [0.05, 0.1) is 6.61 Å². The number of benzene rings is 1. The summed E-state index contributed by atoms with van der Waals surface area (Å²) < 4.78 is 7.44. The van der Waals surface area contributed by atoms with Gasteiger partial charge in [0.1, 0.15) is 5.75 Å². The van der Waals surface area contributed by atoms with E-state index >= 15 is 0 Å². The average molecular weight is 332 g/mol. The first-order valence-electron chi connectivity index (χ1n) is 4.94. The first-order valence-corrected chi connectivity index (χ1v) is 6.19. The van der Waals surface area contributed by atoms with Crippen molar-refractivity contribution in [2.45, 2.75) is 12.8 Å². The number of hydrogen-bond donors (Lipinski definition) is 1. The van der Waals surface area contributed by atoms with Crippen molar-refractivity contribution in [3.8, 4) is 5.75 Å². The molecule has 0 radical (unpaired) electrons. The largest absolute Gasteiger partial charge is 0.493 e. The number of aliphatic carboxylic acids is 1. The molecule has 0 atom stereocenters. The maximum absolute atomic E-state index is 10.3. The predicted octanol–water partition coefficient (Wildman–Crippen LogP) is 3.34. The monoisotopic (exact) mass is 332 g/mol. The van der Waals surface area contributed by atoms with Crippen molar-refractivity contribution in [2.24, 2.45) is 0 Å². The van der Waals surface area contributed by atoms with Gasteiger partial charge in [-0.3, -0.25) is 4.79 Å². The van der Waals surface area contributed by atoms with E-state index in [-0.39, 0.29) is 6.42 Å². The normalized spacial score (nSPS) is 10.6. The Morgan fingerprint density at radius 1 is 1.44 bits per heavy atom. The van der Waals surface area contributed by atoms with E-state index in [1.165, 1.54) is 0 Å². The fraction of sp³-hybridized carbons (Fsp3) is 0.250. The molecule has 0 saturated heterocycles. The Bertz CT molecular complexity index is 374. The number of halogens is 1. The minimum Gasteiger partial charge on any atom is -0.493 e. The smallest absolute Gasteiger partial charge is 0.303 e. The van der Waals surface area contributed by atoms with E-state index in [0.29, 0.717) is 13.0 Å². The van der Waals surface area contributed by atoms with E-state index in [1.807, 2.05) is 34.4 Å². The zero-order valence-electron chi connectivity index (χ0n) is 8.73. The molecule has 0 aromatic heterocycles. The van der Waals surface area contributed by atoms with Crippen molar-refractivity contribution in [3.63, 3.8) is 0 Å². The molecule has 0 aliphatic rings. The van der Waals surface area contributed by atoms with Gasteiger partial charge in [-0.25, -0.2) is 0 Å². The molecule has 0 aliphatic heterocycles. The summed E-state index contributed by atoms with van der Waals surface area (Å²) in [7, 11) is 0. The van der Waals surface area contributed by atoms with Crippen LogP contribution in [0.2, 0.25) is 0 Å². The highest BCUT2D eigenvalue weighted by Gasteiger charge is 2.00. The zero-order valence-corrected chi connectivity index (χ0v) is 10.9. The molecule has 0 spiro atoms. The number of carboxylic acids is 1. The Labute approximate surface area is 108 Å². The van der Waals surface area contributed by atoms with E-state index in [4.69, 9.17) is 9.84 Å². The third kappa shape index (κ3) is 4.65. The Hall–Kier alpha value is -1.04. The number of carbonyl (C=O) groups is 1. The lowest BCUT2D eigenvalue weighted by atomic mass is 10.2. The second-order valence-corrected chi connectivity index (χ2v) is 3.90. The molecule has 16 heavy (non-hydrogen) atoms. The summed E-state index contributed by atoms with van der Waals surface area (Å²) in [5.41, 5.74) is 1.01. The first kappa shape index (κ1) is 13.0. The van der Waals surface area contributed by atoms with Gasteiger partial charge in [0, 0.05) is 12.0 Å². The highest BCUT2D eigenvalue weighted by molar-refractivity contribution is 14.1. The summed E-state index contributed by atoms with van der Waals surface area (Å²) in [6.45, 7) is 0.429. The van der Waals surface area contributed by atoms with Gasteiger partial charge in [0.25, 0.3) is 0 Å². The molecule has 0 fully saturated rings. The van der Waals surface area contributed by atoms with Crippen molar-refractivity contribution < 1.29 is 14.6 Å². The van der Waals surface area contributed by atoms with Gasteiger partial charge in [-0.2, -0.15) is 0 Å². The van der Waals surface area contributed by atoms with Crippen molar-refractivity contribution in [1.29, 1.82) is 0 Å². The molecule has 0 aliphatic carbocycles. The molecule has 1 aromatic rings. The summed E-state index contributed by atoms with van der Waals surface area (Å²) in [6, 6.07) is 7.68. The van der Waals surface area contributed by atoms with Crippen molar-refractivity contribution in [3.05, 3.63) is 33.9 Å². The van der Waals surface area contributed by atoms with Crippen LogP contribution in [0.25, 0.3) is 6.08 Å². The van der Waals surface area contributed by atoms with Gasteiger partial charge in [-0.1, -0.05) is 40.8 Å². The van der Waals surface area contributed by atoms with E-state index in [0.717, 1.165) is 11.3 Å². The second kappa shape index (κ2) is 7.27. The highest BCUT2D eigenvalue weighted by Crippen LogP contribution is 2.20. The lowest BCUT2D eigenvalue weighted by molar-refractivity contribution is -0.137. The summed E-state index contributed by atoms with van der Waals surface area (Å²) >= 11 is 2.15. The van der Waals surface area contributed by atoms with Crippen LogP contribution in [-0.4, -0.2) is 17.7 Å². The van der Waals surface area contributed by atoms with E-state index in [9.17, 15) is 4.79 Å². The van der Waals surface area contributed by atoms with Gasteiger partial charge in [-0.15, -0.1) is 0 Å². The molecular formula is C12H13IO3. The highest BCUT2D eigenvalue weighted by atomic mass is 127. The molecule has 1 aromatic carbocycles. The Morgan fingerprint density at radius 2 is 2.19 bits per heavy atom. The van der Waals surface area contributed by atoms with Crippen LogP contribution in [0.15, 0.2) is 28.3 Å². The molecule has 1 N–H and O–H groups in total. The maximum atomic E-state index is 10.3. The predicted molar refractivity (Wildman–Crippen MR) is 71.9 cm³/mol. The fourth-order valence-electron chi connectivity index (χ4n) is 1.22. The van der Waals surface area contributed by atoms with E-state index < -0.39 is 5.97 Å². The van der Waals surface area contributed by atoms with Crippen molar-refractivity contribution in [1.82, 2.24) is 0 Å². The first-order chi connectivity index (χ1) is 7.74. The Balaban J connectivity index is 2.49. The standard InChI is InChI=1S/C12H13IO3/c13-8-7-10-4-1-2-5-11(10)16-9-3-6-12(14)15/h1-2,4-5,7-8H,3,6,9H2,(H,14,15)/b8-7+. The van der Waals surface area contributed by atoms with Gasteiger partial charge < -0.3 is 9.84 Å². The summed E-state index contributed by atoms with van der Waals surface area (Å²) in [5, 5.41) is 8.48. The molecule has 0 saturated carbocycles. The number of ether oxygens (including phenoxy) is 1. The Kier molecular flexibility index (Phi) is 5.92. The SMILES string of the molecule is O=C(O)CCCOc1ccccc1/C=C/I. The molecule has 0 amide bonds. The molecule has 4 heteroatoms. The number of hydrogen-bond acceptors (Lipinski definition) is 2. The van der Waals surface area contributed by atoms with Gasteiger partial charge in [-0.05, 0) is 22.6 Å². The van der Waals surface area contributed by atoms with Crippen LogP contribution in [0.5, 0.6) is 5.75 Å². The van der Waals surface area contributed by atoms with E-state index in [1.54, 1.807) is 0 Å². The maximum Gasteiger partial charge on any atom is 0.303 e. The van der Waals surface area contributed by atoms with Crippen LogP contribution in [0.1, 0.15) is 18.4 Å². The molecule has 0 bridgehead atoms. The number of carboxylic acid groups (broad SMARTS) is 1. The van der Waals surface area contributed by atoms with Crippen LogP contribution < -0.4 is 4.74 Å². The Morgan fingerprint density at radius 3 is 2.88 bits per heavy atom. The quantitative estimate of drug-likeness (QED) is 0.642. The fourth-order valence-corrected chi connectivity index (χ4v) is 1.61. The molecule has 86 valence electrons. The topological polar surface area (TPSA) is 46.5 Å². The van der Waals surface area contributed by atoms with Crippen LogP contribution in [0.4, 0.5) is 0 Å². The average Bonchev–Trinajstić information content (AvgIpc) is 2.26. The zero-order chi connectivity index (χ0) is 11.8. The lowest BCUT2D eigenvalue weighted by Crippen LogP contribution is -2.02. The molecule has 0 unspecified atom stereocenters. The lowest BCUT2D eigenvalue weighted by Gasteiger charge is -2.07. The summed E-state index contributed by atoms with van der Waals surface area (Å²) in [6.07, 6.45) is 2.62. The minimum absolute atomic E-state index is 0.143. The molecule has 3 nitrogen and oxygen atoms in total. The second-order valence-electron chi connectivity index (χ2n) is 3.18. The van der Waals surface area contributed by atoms with Crippen LogP contribution in [-0.2, 0) is 4.79 Å². The molecule has 1 rings (SSSR count). The van der Waals surface area contributed by atoms with Crippen LogP contribution in [0.3, 0.4) is 0 Å². The van der Waals surface area contributed by atoms with Gasteiger partial charge in [0.2, 0.25) is 0 Å². The van der Waals surface area contributed by atoms with Crippen molar-refractivity contribution >= 4 is 34.6 Å². The number of rotatable bonds is 6. The van der Waals surface area contributed by atoms with E-state index in [2.05, 4.69) is 22.6 Å². The van der Waals surface area contributed by atoms with Crippen molar-refractivity contribution in [2.75, 3.05) is 6.61 Å². The van der Waals surface area contributed by atoms with Gasteiger partial charge in [0.15, 0.2) is 0 Å².